The SMILES string of the molecule is Fc1cc(CNC2CC2)cc(F)c1N1CCCCCCC1. The van der Waals surface area contributed by atoms with E-state index < -0.39 is 11.6 Å². The minimum atomic E-state index is -0.414. The maximum Gasteiger partial charge on any atom is 0.149 e. The summed E-state index contributed by atoms with van der Waals surface area (Å²) in [6.07, 6.45) is 7.94. The largest absolute Gasteiger partial charge is 0.367 e. The molecule has 1 aliphatic heterocycles. The number of benzene rings is 1. The number of rotatable bonds is 4. The van der Waals surface area contributed by atoms with Crippen LogP contribution in [0.25, 0.3) is 0 Å². The van der Waals surface area contributed by atoms with Crippen LogP contribution in [0.4, 0.5) is 14.5 Å². The molecular formula is C17H24F2N2. The van der Waals surface area contributed by atoms with E-state index in [9.17, 15) is 8.78 Å². The molecule has 1 aromatic rings. The Labute approximate surface area is 125 Å². The molecule has 0 bridgehead atoms. The summed E-state index contributed by atoms with van der Waals surface area (Å²) in [6.45, 7) is 2.07. The average molecular weight is 294 g/mol. The normalized spacial score (nSPS) is 20.2. The van der Waals surface area contributed by atoms with E-state index in [1.807, 2.05) is 4.90 Å². The molecule has 0 amide bonds. The third kappa shape index (κ3) is 3.94. The van der Waals surface area contributed by atoms with Crippen molar-refractivity contribution in [2.45, 2.75) is 57.5 Å². The van der Waals surface area contributed by atoms with Crippen molar-refractivity contribution in [2.24, 2.45) is 0 Å². The van der Waals surface area contributed by atoms with Crippen molar-refractivity contribution in [1.82, 2.24) is 5.32 Å². The molecule has 0 radical (unpaired) electrons. The molecule has 1 heterocycles. The predicted octanol–water partition coefficient (Wildman–Crippen LogP) is 3.99. The van der Waals surface area contributed by atoms with Crippen molar-refractivity contribution in [2.75, 3.05) is 18.0 Å². The fraction of sp³-hybridized carbons (Fsp3) is 0.647. The lowest BCUT2D eigenvalue weighted by Gasteiger charge is -2.27. The number of anilines is 1. The number of hydrogen-bond acceptors (Lipinski definition) is 2. The van der Waals surface area contributed by atoms with E-state index in [0.29, 0.717) is 18.2 Å². The first kappa shape index (κ1) is 14.8. The lowest BCUT2D eigenvalue weighted by Crippen LogP contribution is -2.29. The summed E-state index contributed by atoms with van der Waals surface area (Å²) >= 11 is 0. The topological polar surface area (TPSA) is 15.3 Å². The smallest absolute Gasteiger partial charge is 0.149 e. The van der Waals surface area contributed by atoms with Gasteiger partial charge in [0.15, 0.2) is 0 Å². The molecule has 116 valence electrons. The van der Waals surface area contributed by atoms with Gasteiger partial charge in [0.2, 0.25) is 0 Å². The number of hydrogen-bond donors (Lipinski definition) is 1. The quantitative estimate of drug-likeness (QED) is 0.903. The van der Waals surface area contributed by atoms with Crippen LogP contribution in [0.2, 0.25) is 0 Å². The highest BCUT2D eigenvalue weighted by molar-refractivity contribution is 5.50. The van der Waals surface area contributed by atoms with Gasteiger partial charge in [-0.25, -0.2) is 8.78 Å². The summed E-state index contributed by atoms with van der Waals surface area (Å²) < 4.78 is 28.7. The van der Waals surface area contributed by atoms with Gasteiger partial charge in [0.05, 0.1) is 0 Å². The number of halogens is 2. The summed E-state index contributed by atoms with van der Waals surface area (Å²) in [7, 11) is 0. The van der Waals surface area contributed by atoms with E-state index in [4.69, 9.17) is 0 Å². The van der Waals surface area contributed by atoms with Crippen LogP contribution < -0.4 is 10.2 Å². The van der Waals surface area contributed by atoms with Crippen LogP contribution in [-0.2, 0) is 6.54 Å². The van der Waals surface area contributed by atoms with E-state index in [1.165, 1.54) is 31.4 Å². The molecule has 21 heavy (non-hydrogen) atoms. The Morgan fingerprint density at radius 3 is 2.10 bits per heavy atom. The maximum atomic E-state index is 14.4. The molecule has 1 saturated carbocycles. The second kappa shape index (κ2) is 6.73. The first-order valence-corrected chi connectivity index (χ1v) is 8.20. The van der Waals surface area contributed by atoms with Gasteiger partial charge in [0.25, 0.3) is 0 Å². The Morgan fingerprint density at radius 1 is 0.952 bits per heavy atom. The van der Waals surface area contributed by atoms with Crippen molar-refractivity contribution in [1.29, 1.82) is 0 Å². The van der Waals surface area contributed by atoms with Gasteiger partial charge < -0.3 is 10.2 Å². The molecule has 0 unspecified atom stereocenters. The minimum Gasteiger partial charge on any atom is -0.367 e. The van der Waals surface area contributed by atoms with Gasteiger partial charge in [-0.3, -0.25) is 0 Å². The zero-order valence-corrected chi connectivity index (χ0v) is 12.5. The first-order chi connectivity index (χ1) is 10.2. The van der Waals surface area contributed by atoms with Gasteiger partial charge in [0, 0.05) is 25.7 Å². The van der Waals surface area contributed by atoms with Crippen LogP contribution in [0.5, 0.6) is 0 Å². The molecule has 1 aromatic carbocycles. The zero-order chi connectivity index (χ0) is 14.7. The first-order valence-electron chi connectivity index (χ1n) is 8.20. The molecule has 1 saturated heterocycles. The molecule has 1 aliphatic carbocycles. The van der Waals surface area contributed by atoms with Gasteiger partial charge in [0.1, 0.15) is 17.3 Å². The molecule has 2 fully saturated rings. The van der Waals surface area contributed by atoms with Crippen LogP contribution >= 0.6 is 0 Å². The monoisotopic (exact) mass is 294 g/mol. The Morgan fingerprint density at radius 2 is 1.52 bits per heavy atom. The fourth-order valence-electron chi connectivity index (χ4n) is 3.04. The Hall–Kier alpha value is -1.16. The zero-order valence-electron chi connectivity index (χ0n) is 12.5. The summed E-state index contributed by atoms with van der Waals surface area (Å²) in [6, 6.07) is 3.53. The van der Waals surface area contributed by atoms with Crippen LogP contribution in [0.1, 0.15) is 50.5 Å². The highest BCUT2D eigenvalue weighted by atomic mass is 19.1. The van der Waals surface area contributed by atoms with Gasteiger partial charge in [-0.1, -0.05) is 19.3 Å². The molecular weight excluding hydrogens is 270 g/mol. The summed E-state index contributed by atoms with van der Waals surface area (Å²) in [5, 5.41) is 3.30. The highest BCUT2D eigenvalue weighted by Crippen LogP contribution is 2.28. The second-order valence-corrected chi connectivity index (χ2v) is 6.32. The van der Waals surface area contributed by atoms with Gasteiger partial charge >= 0.3 is 0 Å². The van der Waals surface area contributed by atoms with E-state index >= 15 is 0 Å². The molecule has 1 N–H and O–H groups in total. The molecule has 4 heteroatoms. The van der Waals surface area contributed by atoms with E-state index in [1.54, 1.807) is 0 Å². The van der Waals surface area contributed by atoms with Gasteiger partial charge in [-0.2, -0.15) is 0 Å². The van der Waals surface area contributed by atoms with Crippen molar-refractivity contribution in [3.05, 3.63) is 29.3 Å². The standard InChI is InChI=1S/C17H24F2N2/c18-15-10-13(12-20-14-6-7-14)11-16(19)17(15)21-8-4-2-1-3-5-9-21/h10-11,14,20H,1-9,12H2. The summed E-state index contributed by atoms with van der Waals surface area (Å²) in [5.74, 6) is -0.827. The Balaban J connectivity index is 1.73. The fourth-order valence-corrected chi connectivity index (χ4v) is 3.04. The highest BCUT2D eigenvalue weighted by Gasteiger charge is 2.22. The number of nitrogens with zero attached hydrogens (tertiary/aromatic N) is 1. The lowest BCUT2D eigenvalue weighted by molar-refractivity contribution is 0.524. The molecule has 0 aromatic heterocycles. The van der Waals surface area contributed by atoms with Crippen molar-refractivity contribution >= 4 is 5.69 Å². The predicted molar refractivity (Wildman–Crippen MR) is 81.5 cm³/mol. The van der Waals surface area contributed by atoms with Crippen molar-refractivity contribution < 1.29 is 8.78 Å². The molecule has 3 rings (SSSR count). The van der Waals surface area contributed by atoms with E-state index in [0.717, 1.165) is 38.8 Å². The van der Waals surface area contributed by atoms with Crippen LogP contribution in [0, 0.1) is 11.6 Å². The van der Waals surface area contributed by atoms with Crippen molar-refractivity contribution in [3.63, 3.8) is 0 Å². The molecule has 0 spiro atoms. The Bertz CT molecular complexity index is 455. The molecule has 2 aliphatic rings. The third-order valence-corrected chi connectivity index (χ3v) is 4.42. The maximum absolute atomic E-state index is 14.4. The van der Waals surface area contributed by atoms with E-state index in [2.05, 4.69) is 5.32 Å². The average Bonchev–Trinajstić information content (AvgIpc) is 3.22. The Kier molecular flexibility index (Phi) is 4.73. The minimum absolute atomic E-state index is 0.173. The van der Waals surface area contributed by atoms with Gasteiger partial charge in [-0.05, 0) is 43.4 Å². The third-order valence-electron chi connectivity index (χ3n) is 4.42. The van der Waals surface area contributed by atoms with Crippen LogP contribution in [0.3, 0.4) is 0 Å². The van der Waals surface area contributed by atoms with E-state index in [-0.39, 0.29) is 5.69 Å². The van der Waals surface area contributed by atoms with Crippen LogP contribution in [-0.4, -0.2) is 19.1 Å². The molecule has 0 atom stereocenters. The second-order valence-electron chi connectivity index (χ2n) is 6.32. The summed E-state index contributed by atoms with van der Waals surface area (Å²) in [4.78, 5) is 1.89. The molecule has 2 nitrogen and oxygen atoms in total. The summed E-state index contributed by atoms with van der Waals surface area (Å²) in [5.41, 5.74) is 0.875. The van der Waals surface area contributed by atoms with Crippen LogP contribution in [0.15, 0.2) is 12.1 Å². The van der Waals surface area contributed by atoms with Gasteiger partial charge in [-0.15, -0.1) is 0 Å². The lowest BCUT2D eigenvalue weighted by atomic mass is 10.1. The number of nitrogens with one attached hydrogen (secondary N) is 1. The van der Waals surface area contributed by atoms with Crippen molar-refractivity contribution in [3.8, 4) is 0 Å².